The van der Waals surface area contributed by atoms with Gasteiger partial charge in [-0.05, 0) is 30.3 Å². The van der Waals surface area contributed by atoms with Gasteiger partial charge in [-0.15, -0.1) is 0 Å². The lowest BCUT2D eigenvalue weighted by Crippen LogP contribution is -2.04. The zero-order valence-corrected chi connectivity index (χ0v) is 10.2. The van der Waals surface area contributed by atoms with E-state index in [1.54, 1.807) is 0 Å². The van der Waals surface area contributed by atoms with Gasteiger partial charge < -0.3 is 19.7 Å². The van der Waals surface area contributed by atoms with Gasteiger partial charge in [0, 0.05) is 11.6 Å². The highest BCUT2D eigenvalue weighted by Gasteiger charge is 2.13. The number of aromatic hydroxyl groups is 3. The van der Waals surface area contributed by atoms with Crippen LogP contribution in [0, 0.1) is 0 Å². The van der Waals surface area contributed by atoms with Crippen LogP contribution in [0.1, 0.15) is 0 Å². The Kier molecular flexibility index (Phi) is 2.61. The van der Waals surface area contributed by atoms with Gasteiger partial charge in [-0.3, -0.25) is 4.79 Å². The number of benzene rings is 2. The van der Waals surface area contributed by atoms with Crippen LogP contribution in [0.5, 0.6) is 17.2 Å². The molecule has 2 aromatic carbocycles. The standard InChI is InChI=1S/C15H10O5/c16-8-2-4-14-11(5-8)15(19)12(7-20-14)10-3-1-9(17)6-13(10)18/h1-7,16-18H. The van der Waals surface area contributed by atoms with Gasteiger partial charge in [-0.1, -0.05) is 0 Å². The van der Waals surface area contributed by atoms with E-state index in [1.807, 2.05) is 0 Å². The van der Waals surface area contributed by atoms with Crippen molar-refractivity contribution in [2.45, 2.75) is 0 Å². The van der Waals surface area contributed by atoms with Crippen LogP contribution in [0.4, 0.5) is 0 Å². The summed E-state index contributed by atoms with van der Waals surface area (Å²) in [5.41, 5.74) is 0.375. The molecule has 1 heterocycles. The molecule has 100 valence electrons. The van der Waals surface area contributed by atoms with Crippen LogP contribution < -0.4 is 5.43 Å². The second-order valence-corrected chi connectivity index (χ2v) is 4.36. The van der Waals surface area contributed by atoms with E-state index in [4.69, 9.17) is 4.42 Å². The summed E-state index contributed by atoms with van der Waals surface area (Å²) in [6.45, 7) is 0. The fourth-order valence-electron chi connectivity index (χ4n) is 2.05. The molecule has 0 amide bonds. The Bertz CT molecular complexity index is 864. The predicted octanol–water partition coefficient (Wildman–Crippen LogP) is 2.58. The van der Waals surface area contributed by atoms with Gasteiger partial charge in [-0.2, -0.15) is 0 Å². The topological polar surface area (TPSA) is 90.9 Å². The molecule has 0 spiro atoms. The normalized spacial score (nSPS) is 10.8. The van der Waals surface area contributed by atoms with E-state index in [0.717, 1.165) is 6.07 Å². The fourth-order valence-corrected chi connectivity index (χ4v) is 2.05. The molecule has 0 fully saturated rings. The second-order valence-electron chi connectivity index (χ2n) is 4.36. The third-order valence-corrected chi connectivity index (χ3v) is 3.03. The van der Waals surface area contributed by atoms with E-state index in [2.05, 4.69) is 0 Å². The lowest BCUT2D eigenvalue weighted by molar-refractivity contribution is 0.451. The number of hydrogen-bond donors (Lipinski definition) is 3. The van der Waals surface area contributed by atoms with Crippen molar-refractivity contribution >= 4 is 11.0 Å². The van der Waals surface area contributed by atoms with Crippen LogP contribution in [0.3, 0.4) is 0 Å². The van der Waals surface area contributed by atoms with Crippen LogP contribution in [0.25, 0.3) is 22.1 Å². The summed E-state index contributed by atoms with van der Waals surface area (Å²) in [5.74, 6) is -0.372. The maximum Gasteiger partial charge on any atom is 0.200 e. The number of phenolic OH excluding ortho intramolecular Hbond substituents is 3. The van der Waals surface area contributed by atoms with Crippen LogP contribution in [-0.2, 0) is 0 Å². The van der Waals surface area contributed by atoms with Crippen LogP contribution >= 0.6 is 0 Å². The van der Waals surface area contributed by atoms with Gasteiger partial charge in [0.2, 0.25) is 5.43 Å². The first-order valence-corrected chi connectivity index (χ1v) is 5.83. The van der Waals surface area contributed by atoms with E-state index < -0.39 is 0 Å². The SMILES string of the molecule is O=c1c(-c2ccc(O)cc2O)coc2ccc(O)cc12. The van der Waals surface area contributed by atoms with Crippen molar-refractivity contribution in [1.82, 2.24) is 0 Å². The van der Waals surface area contributed by atoms with Crippen molar-refractivity contribution in [2.75, 3.05) is 0 Å². The number of rotatable bonds is 1. The maximum atomic E-state index is 12.4. The lowest BCUT2D eigenvalue weighted by atomic mass is 10.0. The van der Waals surface area contributed by atoms with E-state index >= 15 is 0 Å². The monoisotopic (exact) mass is 270 g/mol. The molecule has 0 atom stereocenters. The van der Waals surface area contributed by atoms with Crippen molar-refractivity contribution in [2.24, 2.45) is 0 Å². The van der Waals surface area contributed by atoms with Gasteiger partial charge in [-0.25, -0.2) is 0 Å². The zero-order chi connectivity index (χ0) is 14.3. The first-order valence-electron chi connectivity index (χ1n) is 5.83. The molecule has 3 rings (SSSR count). The molecule has 3 N–H and O–H groups in total. The summed E-state index contributed by atoms with van der Waals surface area (Å²) in [6.07, 6.45) is 1.24. The molecule has 0 bridgehead atoms. The van der Waals surface area contributed by atoms with E-state index in [1.165, 1.54) is 36.6 Å². The number of phenols is 3. The summed E-state index contributed by atoms with van der Waals surface area (Å²) in [6, 6.07) is 8.14. The largest absolute Gasteiger partial charge is 0.508 e. The van der Waals surface area contributed by atoms with E-state index in [0.29, 0.717) is 5.58 Å². The highest BCUT2D eigenvalue weighted by atomic mass is 16.3. The summed E-state index contributed by atoms with van der Waals surface area (Å²) >= 11 is 0. The summed E-state index contributed by atoms with van der Waals surface area (Å²) in [4.78, 5) is 12.4. The Balaban J connectivity index is 2.32. The van der Waals surface area contributed by atoms with Crippen LogP contribution in [0.2, 0.25) is 0 Å². The van der Waals surface area contributed by atoms with Crippen molar-refractivity contribution in [3.05, 3.63) is 52.9 Å². The Morgan fingerprint density at radius 2 is 1.55 bits per heavy atom. The second kappa shape index (κ2) is 4.31. The molecule has 0 aliphatic carbocycles. The van der Waals surface area contributed by atoms with Crippen LogP contribution in [0.15, 0.2) is 51.9 Å². The molecule has 5 nitrogen and oxygen atoms in total. The molecule has 20 heavy (non-hydrogen) atoms. The molecule has 0 saturated carbocycles. The molecule has 0 saturated heterocycles. The molecular formula is C15H10O5. The van der Waals surface area contributed by atoms with Gasteiger partial charge in [0.25, 0.3) is 0 Å². The van der Waals surface area contributed by atoms with Crippen molar-refractivity contribution in [3.8, 4) is 28.4 Å². The fraction of sp³-hybridized carbons (Fsp3) is 0. The third kappa shape index (κ3) is 1.85. The Morgan fingerprint density at radius 3 is 2.30 bits per heavy atom. The first kappa shape index (κ1) is 12.1. The average Bonchev–Trinajstić information content (AvgIpc) is 2.41. The van der Waals surface area contributed by atoms with Gasteiger partial charge >= 0.3 is 0 Å². The summed E-state index contributed by atoms with van der Waals surface area (Å²) in [5, 5.41) is 28.7. The molecule has 5 heteroatoms. The molecular weight excluding hydrogens is 260 g/mol. The Morgan fingerprint density at radius 1 is 0.850 bits per heavy atom. The van der Waals surface area contributed by atoms with Crippen LogP contribution in [-0.4, -0.2) is 15.3 Å². The number of hydrogen-bond acceptors (Lipinski definition) is 5. The Labute approximate surface area is 113 Å². The minimum atomic E-state index is -0.372. The highest BCUT2D eigenvalue weighted by molar-refractivity contribution is 5.84. The predicted molar refractivity (Wildman–Crippen MR) is 72.9 cm³/mol. The maximum absolute atomic E-state index is 12.4. The summed E-state index contributed by atoms with van der Waals surface area (Å²) in [7, 11) is 0. The quantitative estimate of drug-likeness (QED) is 0.632. The molecule has 1 aromatic heterocycles. The van der Waals surface area contributed by atoms with Gasteiger partial charge in [0.15, 0.2) is 0 Å². The van der Waals surface area contributed by atoms with Crippen molar-refractivity contribution < 1.29 is 19.7 Å². The Hall–Kier alpha value is -2.95. The smallest absolute Gasteiger partial charge is 0.200 e. The highest BCUT2D eigenvalue weighted by Crippen LogP contribution is 2.31. The lowest BCUT2D eigenvalue weighted by Gasteiger charge is -2.05. The third-order valence-electron chi connectivity index (χ3n) is 3.03. The van der Waals surface area contributed by atoms with Crippen molar-refractivity contribution in [1.29, 1.82) is 0 Å². The molecule has 0 aliphatic rings. The van der Waals surface area contributed by atoms with Gasteiger partial charge in [0.1, 0.15) is 29.1 Å². The van der Waals surface area contributed by atoms with E-state index in [-0.39, 0.29) is 39.2 Å². The minimum absolute atomic E-state index is 0.0446. The number of fused-ring (bicyclic) bond motifs is 1. The van der Waals surface area contributed by atoms with E-state index in [9.17, 15) is 20.1 Å². The molecule has 0 radical (unpaired) electrons. The van der Waals surface area contributed by atoms with Crippen molar-refractivity contribution in [3.63, 3.8) is 0 Å². The van der Waals surface area contributed by atoms with Gasteiger partial charge in [0.05, 0.1) is 10.9 Å². The molecule has 0 unspecified atom stereocenters. The molecule has 3 aromatic rings. The minimum Gasteiger partial charge on any atom is -0.508 e. The molecule has 0 aliphatic heterocycles. The zero-order valence-electron chi connectivity index (χ0n) is 10.2. The first-order chi connectivity index (χ1) is 9.56. The summed E-state index contributed by atoms with van der Waals surface area (Å²) < 4.78 is 5.33. The average molecular weight is 270 g/mol.